The highest BCUT2D eigenvalue weighted by Crippen LogP contribution is 2.31. The van der Waals surface area contributed by atoms with Crippen molar-refractivity contribution in [3.8, 4) is 11.8 Å². The molecule has 0 aliphatic carbocycles. The quantitative estimate of drug-likeness (QED) is 0.762. The van der Waals surface area contributed by atoms with Crippen molar-refractivity contribution in [3.05, 3.63) is 42.2 Å². The third-order valence-corrected chi connectivity index (χ3v) is 5.89. The maximum Gasteiger partial charge on any atom is 0.416 e. The monoisotopic (exact) mass is 403 g/mol. The predicted octanol–water partition coefficient (Wildman–Crippen LogP) is 2.35. The maximum atomic E-state index is 12.6. The van der Waals surface area contributed by atoms with Crippen LogP contribution in [0.15, 0.2) is 41.6 Å². The van der Waals surface area contributed by atoms with Crippen LogP contribution in [0.5, 0.6) is 11.8 Å². The first-order valence-electron chi connectivity index (χ1n) is 7.90. The number of hydrogen-bond acceptors (Lipinski definition) is 6. The smallest absolute Gasteiger partial charge is 0.416 e. The minimum absolute atomic E-state index is 0.0578. The molecular weight excluding hydrogens is 387 g/mol. The van der Waals surface area contributed by atoms with Gasteiger partial charge < -0.3 is 9.47 Å². The molecule has 146 valence electrons. The average Bonchev–Trinajstić information content (AvgIpc) is 3.10. The van der Waals surface area contributed by atoms with Crippen molar-refractivity contribution in [1.29, 1.82) is 0 Å². The van der Waals surface area contributed by atoms with Gasteiger partial charge in [-0.3, -0.25) is 4.98 Å². The molecular formula is C16H16F3N3O4S. The second-order valence-corrected chi connectivity index (χ2v) is 7.75. The third-order valence-electron chi connectivity index (χ3n) is 4.01. The van der Waals surface area contributed by atoms with Crippen LogP contribution in [0.3, 0.4) is 0 Å². The maximum absolute atomic E-state index is 12.6. The first-order chi connectivity index (χ1) is 12.7. The molecule has 1 aromatic carbocycles. The number of sulfonamides is 1. The van der Waals surface area contributed by atoms with Crippen LogP contribution in [0.2, 0.25) is 0 Å². The summed E-state index contributed by atoms with van der Waals surface area (Å²) in [7, 11) is -2.48. The molecule has 1 fully saturated rings. The predicted molar refractivity (Wildman–Crippen MR) is 87.8 cm³/mol. The van der Waals surface area contributed by atoms with E-state index in [4.69, 9.17) is 9.47 Å². The Hall–Kier alpha value is -2.40. The van der Waals surface area contributed by atoms with Gasteiger partial charge >= 0.3 is 6.18 Å². The van der Waals surface area contributed by atoms with Gasteiger partial charge in [-0.1, -0.05) is 0 Å². The first kappa shape index (κ1) is 19.4. The van der Waals surface area contributed by atoms with Crippen LogP contribution >= 0.6 is 0 Å². The van der Waals surface area contributed by atoms with Crippen molar-refractivity contribution in [2.75, 3.05) is 20.2 Å². The lowest BCUT2D eigenvalue weighted by Gasteiger charge is -2.17. The van der Waals surface area contributed by atoms with Crippen LogP contribution in [0.1, 0.15) is 12.0 Å². The summed E-state index contributed by atoms with van der Waals surface area (Å²) in [6.45, 7) is 0.244. The minimum atomic E-state index is -4.52. The average molecular weight is 403 g/mol. The Morgan fingerprint density at radius 1 is 1.15 bits per heavy atom. The lowest BCUT2D eigenvalue weighted by molar-refractivity contribution is -0.137. The Balaban J connectivity index is 1.69. The number of rotatable bonds is 5. The van der Waals surface area contributed by atoms with Crippen LogP contribution in [0, 0.1) is 0 Å². The zero-order valence-electron chi connectivity index (χ0n) is 14.2. The van der Waals surface area contributed by atoms with E-state index in [2.05, 4.69) is 9.97 Å². The lowest BCUT2D eigenvalue weighted by atomic mass is 10.2. The summed E-state index contributed by atoms with van der Waals surface area (Å²) in [5.74, 6) is 0.466. The normalized spacial score (nSPS) is 18.4. The van der Waals surface area contributed by atoms with Crippen LogP contribution in [-0.2, 0) is 16.2 Å². The highest BCUT2D eigenvalue weighted by molar-refractivity contribution is 7.89. The van der Waals surface area contributed by atoms with Gasteiger partial charge in [0, 0.05) is 6.54 Å². The van der Waals surface area contributed by atoms with Crippen molar-refractivity contribution in [2.24, 2.45) is 0 Å². The van der Waals surface area contributed by atoms with Gasteiger partial charge in [0.25, 0.3) is 0 Å². The zero-order chi connectivity index (χ0) is 19.7. The fourth-order valence-electron chi connectivity index (χ4n) is 2.63. The van der Waals surface area contributed by atoms with Gasteiger partial charge in [-0.15, -0.1) is 0 Å². The van der Waals surface area contributed by atoms with E-state index >= 15 is 0 Å². The Kier molecular flexibility index (Phi) is 5.24. The molecule has 1 aromatic heterocycles. The van der Waals surface area contributed by atoms with E-state index in [0.29, 0.717) is 6.42 Å². The first-order valence-corrected chi connectivity index (χ1v) is 9.34. The molecule has 0 spiro atoms. The van der Waals surface area contributed by atoms with E-state index in [9.17, 15) is 21.6 Å². The Labute approximate surface area is 153 Å². The number of ether oxygens (including phenoxy) is 2. The zero-order valence-corrected chi connectivity index (χ0v) is 15.0. The molecule has 1 aliphatic rings. The summed E-state index contributed by atoms with van der Waals surface area (Å²) >= 11 is 0. The number of nitrogens with zero attached hydrogens (tertiary/aromatic N) is 3. The highest BCUT2D eigenvalue weighted by Gasteiger charge is 2.35. The van der Waals surface area contributed by atoms with Crippen LogP contribution in [-0.4, -0.2) is 49.0 Å². The molecule has 1 saturated heterocycles. The van der Waals surface area contributed by atoms with E-state index in [1.807, 2.05) is 0 Å². The molecule has 2 heterocycles. The summed E-state index contributed by atoms with van der Waals surface area (Å²) in [5.41, 5.74) is -0.902. The van der Waals surface area contributed by atoms with Crippen molar-refractivity contribution in [1.82, 2.24) is 14.3 Å². The minimum Gasteiger partial charge on any atom is -0.480 e. The fraction of sp³-hybridized carbons (Fsp3) is 0.375. The second-order valence-electron chi connectivity index (χ2n) is 5.81. The molecule has 1 atom stereocenters. The van der Waals surface area contributed by atoms with Crippen molar-refractivity contribution >= 4 is 10.0 Å². The van der Waals surface area contributed by atoms with E-state index in [1.54, 1.807) is 0 Å². The van der Waals surface area contributed by atoms with E-state index in [-0.39, 0.29) is 29.7 Å². The number of hydrogen-bond donors (Lipinski definition) is 0. The van der Waals surface area contributed by atoms with Crippen molar-refractivity contribution in [2.45, 2.75) is 23.6 Å². The number of benzene rings is 1. The Morgan fingerprint density at radius 3 is 2.44 bits per heavy atom. The van der Waals surface area contributed by atoms with Gasteiger partial charge in [-0.05, 0) is 30.7 Å². The molecule has 1 unspecified atom stereocenters. The summed E-state index contributed by atoms with van der Waals surface area (Å²) in [6.07, 6.45) is -1.76. The molecule has 7 nitrogen and oxygen atoms in total. The largest absolute Gasteiger partial charge is 0.480 e. The van der Waals surface area contributed by atoms with Gasteiger partial charge in [-0.2, -0.15) is 22.5 Å². The molecule has 3 rings (SSSR count). The summed E-state index contributed by atoms with van der Waals surface area (Å²) in [5, 5.41) is 0. The number of aromatic nitrogens is 2. The third kappa shape index (κ3) is 4.30. The number of methoxy groups -OCH3 is 1. The standard InChI is InChI=1S/C16H16F3N3O4S/c1-25-14-8-20-9-15(21-14)26-12-6-7-22(10-12)27(23,24)13-4-2-11(3-5-13)16(17,18)19/h2-5,8-9,12H,6-7,10H2,1H3. The summed E-state index contributed by atoms with van der Waals surface area (Å²) in [4.78, 5) is 7.76. The van der Waals surface area contributed by atoms with Crippen LogP contribution in [0.25, 0.3) is 0 Å². The molecule has 1 aliphatic heterocycles. The number of halogens is 3. The molecule has 2 aromatic rings. The van der Waals surface area contributed by atoms with Gasteiger partial charge in [0.2, 0.25) is 21.8 Å². The summed E-state index contributed by atoms with van der Waals surface area (Å²) < 4.78 is 74.9. The highest BCUT2D eigenvalue weighted by atomic mass is 32.2. The number of alkyl halides is 3. The lowest BCUT2D eigenvalue weighted by Crippen LogP contribution is -2.31. The molecule has 0 amide bonds. The van der Waals surface area contributed by atoms with E-state index in [1.165, 1.54) is 23.8 Å². The van der Waals surface area contributed by atoms with E-state index in [0.717, 1.165) is 24.3 Å². The molecule has 0 N–H and O–H groups in total. The van der Waals surface area contributed by atoms with Gasteiger partial charge in [0.05, 0.1) is 36.5 Å². The summed E-state index contributed by atoms with van der Waals surface area (Å²) in [6, 6.07) is 3.42. The van der Waals surface area contributed by atoms with Crippen LogP contribution in [0.4, 0.5) is 13.2 Å². The SMILES string of the molecule is COc1cncc(OC2CCN(S(=O)(=O)c3ccc(C(F)(F)F)cc3)C2)n1. The molecule has 27 heavy (non-hydrogen) atoms. The Morgan fingerprint density at radius 2 is 1.81 bits per heavy atom. The molecule has 0 saturated carbocycles. The van der Waals surface area contributed by atoms with Gasteiger partial charge in [0.15, 0.2) is 0 Å². The topological polar surface area (TPSA) is 81.6 Å². The second kappa shape index (κ2) is 7.31. The Bertz CT molecular complexity index is 904. The van der Waals surface area contributed by atoms with Crippen molar-refractivity contribution in [3.63, 3.8) is 0 Å². The molecule has 0 radical (unpaired) electrons. The van der Waals surface area contributed by atoms with Gasteiger partial charge in [-0.25, -0.2) is 8.42 Å². The van der Waals surface area contributed by atoms with Crippen LogP contribution < -0.4 is 9.47 Å². The van der Waals surface area contributed by atoms with Crippen molar-refractivity contribution < 1.29 is 31.1 Å². The van der Waals surface area contributed by atoms with E-state index < -0.39 is 27.9 Å². The van der Waals surface area contributed by atoms with Gasteiger partial charge in [0.1, 0.15) is 6.10 Å². The fourth-order valence-corrected chi connectivity index (χ4v) is 4.12. The molecule has 11 heteroatoms. The molecule has 0 bridgehead atoms.